The summed E-state index contributed by atoms with van der Waals surface area (Å²) in [7, 11) is 1.90. The molecule has 0 aliphatic heterocycles. The summed E-state index contributed by atoms with van der Waals surface area (Å²) in [5.74, 6) is 1.75. The minimum atomic E-state index is 0.706. The van der Waals surface area contributed by atoms with Crippen LogP contribution in [0.1, 0.15) is 11.5 Å². The Morgan fingerprint density at radius 1 is 1.56 bits per heavy atom. The number of thioether (sulfide) groups is 1. The second kappa shape index (κ2) is 6.67. The highest BCUT2D eigenvalue weighted by Crippen LogP contribution is 2.21. The van der Waals surface area contributed by atoms with Crippen LogP contribution in [-0.4, -0.2) is 26.8 Å². The quantitative estimate of drug-likeness (QED) is 0.621. The van der Waals surface area contributed by atoms with E-state index in [9.17, 15) is 0 Å². The van der Waals surface area contributed by atoms with E-state index < -0.39 is 0 Å². The number of hydrogen-bond donors (Lipinski definition) is 1. The molecular formula is C11H15N5S2. The number of rotatable bonds is 7. The van der Waals surface area contributed by atoms with Crippen molar-refractivity contribution in [1.82, 2.24) is 25.1 Å². The lowest BCUT2D eigenvalue weighted by atomic mass is 10.5. The smallest absolute Gasteiger partial charge is 0.191 e. The second-order valence-electron chi connectivity index (χ2n) is 3.60. The van der Waals surface area contributed by atoms with Crippen molar-refractivity contribution in [2.75, 3.05) is 7.05 Å². The standard InChI is InChI=1S/C11H15N5S2/c1-3-4-16-10(5-12-2)14-15-11(16)18-7-9-6-17-8-13-9/h3,6,8,12H,1,4-5,7H2,2H3. The Balaban J connectivity index is 2.08. The van der Waals surface area contributed by atoms with Crippen molar-refractivity contribution in [1.29, 1.82) is 0 Å². The molecule has 0 saturated heterocycles. The number of thiazole rings is 1. The molecule has 2 aromatic heterocycles. The van der Waals surface area contributed by atoms with Gasteiger partial charge in [-0.1, -0.05) is 17.8 Å². The molecule has 0 spiro atoms. The maximum atomic E-state index is 4.26. The molecule has 0 fully saturated rings. The van der Waals surface area contributed by atoms with Gasteiger partial charge in [0.15, 0.2) is 5.16 Å². The molecule has 18 heavy (non-hydrogen) atoms. The van der Waals surface area contributed by atoms with E-state index >= 15 is 0 Å². The fourth-order valence-corrected chi connectivity index (χ4v) is 3.01. The monoisotopic (exact) mass is 281 g/mol. The van der Waals surface area contributed by atoms with Crippen LogP contribution in [-0.2, 0) is 18.8 Å². The molecule has 0 aromatic carbocycles. The number of nitrogens with one attached hydrogen (secondary N) is 1. The van der Waals surface area contributed by atoms with Crippen molar-refractivity contribution >= 4 is 23.1 Å². The summed E-state index contributed by atoms with van der Waals surface area (Å²) < 4.78 is 2.07. The zero-order valence-electron chi connectivity index (χ0n) is 10.2. The van der Waals surface area contributed by atoms with Gasteiger partial charge in [-0.05, 0) is 7.05 Å². The van der Waals surface area contributed by atoms with Crippen LogP contribution >= 0.6 is 23.1 Å². The van der Waals surface area contributed by atoms with E-state index in [1.54, 1.807) is 23.1 Å². The van der Waals surface area contributed by atoms with Gasteiger partial charge in [-0.25, -0.2) is 4.98 Å². The highest BCUT2D eigenvalue weighted by atomic mass is 32.2. The molecule has 0 unspecified atom stereocenters. The minimum Gasteiger partial charge on any atom is -0.313 e. The predicted molar refractivity (Wildman–Crippen MR) is 74.7 cm³/mol. The molecule has 0 aliphatic carbocycles. The molecule has 0 radical (unpaired) electrons. The Morgan fingerprint density at radius 3 is 3.11 bits per heavy atom. The maximum Gasteiger partial charge on any atom is 0.191 e. The molecular weight excluding hydrogens is 266 g/mol. The Kier molecular flexibility index (Phi) is 4.91. The van der Waals surface area contributed by atoms with Gasteiger partial charge in [-0.2, -0.15) is 0 Å². The third-order valence-electron chi connectivity index (χ3n) is 2.27. The van der Waals surface area contributed by atoms with Gasteiger partial charge < -0.3 is 9.88 Å². The number of nitrogens with zero attached hydrogens (tertiary/aromatic N) is 4. The predicted octanol–water partition coefficient (Wildman–Crippen LogP) is 1.93. The van der Waals surface area contributed by atoms with Crippen LogP contribution in [0.15, 0.2) is 28.7 Å². The van der Waals surface area contributed by atoms with E-state index in [2.05, 4.69) is 37.0 Å². The lowest BCUT2D eigenvalue weighted by Crippen LogP contribution is -2.12. The molecule has 2 rings (SSSR count). The first-order valence-electron chi connectivity index (χ1n) is 5.52. The van der Waals surface area contributed by atoms with E-state index in [-0.39, 0.29) is 0 Å². The van der Waals surface area contributed by atoms with Gasteiger partial charge in [0, 0.05) is 17.7 Å². The number of hydrogen-bond acceptors (Lipinski definition) is 6. The van der Waals surface area contributed by atoms with Gasteiger partial charge in [-0.3, -0.25) is 0 Å². The molecule has 7 heteroatoms. The second-order valence-corrected chi connectivity index (χ2v) is 5.26. The van der Waals surface area contributed by atoms with E-state index in [4.69, 9.17) is 0 Å². The van der Waals surface area contributed by atoms with Gasteiger partial charge in [0.25, 0.3) is 0 Å². The maximum absolute atomic E-state index is 4.26. The average molecular weight is 281 g/mol. The first kappa shape index (κ1) is 13.3. The largest absolute Gasteiger partial charge is 0.313 e. The summed E-state index contributed by atoms with van der Waals surface area (Å²) in [6, 6.07) is 0. The number of aromatic nitrogens is 4. The van der Waals surface area contributed by atoms with Gasteiger partial charge in [0.2, 0.25) is 0 Å². The Labute approximate surface area is 114 Å². The molecule has 96 valence electrons. The van der Waals surface area contributed by atoms with Gasteiger partial charge in [-0.15, -0.1) is 28.1 Å². The van der Waals surface area contributed by atoms with Crippen molar-refractivity contribution < 1.29 is 0 Å². The van der Waals surface area contributed by atoms with Crippen molar-refractivity contribution in [3.05, 3.63) is 35.1 Å². The average Bonchev–Trinajstić information content (AvgIpc) is 2.99. The summed E-state index contributed by atoms with van der Waals surface area (Å²) in [6.45, 7) is 5.20. The van der Waals surface area contributed by atoms with Gasteiger partial charge in [0.1, 0.15) is 5.82 Å². The van der Waals surface area contributed by atoms with E-state index in [0.717, 1.165) is 29.0 Å². The SMILES string of the molecule is C=CCn1c(CNC)nnc1SCc1cscn1. The van der Waals surface area contributed by atoms with E-state index in [1.807, 2.05) is 18.6 Å². The van der Waals surface area contributed by atoms with E-state index in [0.29, 0.717) is 6.54 Å². The fourth-order valence-electron chi connectivity index (χ4n) is 1.47. The third kappa shape index (κ3) is 3.18. The van der Waals surface area contributed by atoms with Crippen LogP contribution in [0.4, 0.5) is 0 Å². The van der Waals surface area contributed by atoms with Crippen LogP contribution in [0.2, 0.25) is 0 Å². The minimum absolute atomic E-state index is 0.706. The fraction of sp³-hybridized carbons (Fsp3) is 0.364. The Bertz CT molecular complexity index is 492. The Hall–Kier alpha value is -1.18. The molecule has 2 aromatic rings. The lowest BCUT2D eigenvalue weighted by molar-refractivity contribution is 0.646. The van der Waals surface area contributed by atoms with Crippen LogP contribution < -0.4 is 5.32 Å². The molecule has 0 aliphatic rings. The molecule has 1 N–H and O–H groups in total. The van der Waals surface area contributed by atoms with Crippen molar-refractivity contribution in [2.45, 2.75) is 24.0 Å². The molecule has 0 saturated carbocycles. The summed E-state index contributed by atoms with van der Waals surface area (Å²) >= 11 is 3.26. The van der Waals surface area contributed by atoms with E-state index in [1.165, 1.54) is 0 Å². The van der Waals surface area contributed by atoms with Crippen LogP contribution in [0.3, 0.4) is 0 Å². The van der Waals surface area contributed by atoms with Gasteiger partial charge >= 0.3 is 0 Å². The normalized spacial score (nSPS) is 10.7. The van der Waals surface area contributed by atoms with Crippen LogP contribution in [0.25, 0.3) is 0 Å². The molecule has 5 nitrogen and oxygen atoms in total. The first-order valence-corrected chi connectivity index (χ1v) is 7.45. The summed E-state index contributed by atoms with van der Waals surface area (Å²) in [5.41, 5.74) is 2.92. The number of allylic oxidation sites excluding steroid dienone is 1. The van der Waals surface area contributed by atoms with Crippen LogP contribution in [0, 0.1) is 0 Å². The highest BCUT2D eigenvalue weighted by Gasteiger charge is 2.11. The molecule has 2 heterocycles. The summed E-state index contributed by atoms with van der Waals surface area (Å²) in [4.78, 5) is 4.26. The molecule has 0 atom stereocenters. The van der Waals surface area contributed by atoms with Crippen molar-refractivity contribution in [3.8, 4) is 0 Å². The molecule has 0 bridgehead atoms. The summed E-state index contributed by atoms with van der Waals surface area (Å²) in [6.07, 6.45) is 1.86. The lowest BCUT2D eigenvalue weighted by Gasteiger charge is -2.06. The Morgan fingerprint density at radius 2 is 2.44 bits per heavy atom. The first-order chi connectivity index (χ1) is 8.85. The van der Waals surface area contributed by atoms with Gasteiger partial charge in [0.05, 0.1) is 17.7 Å². The topological polar surface area (TPSA) is 55.6 Å². The summed E-state index contributed by atoms with van der Waals surface area (Å²) in [5, 5.41) is 14.5. The highest BCUT2D eigenvalue weighted by molar-refractivity contribution is 7.98. The zero-order valence-corrected chi connectivity index (χ0v) is 11.8. The van der Waals surface area contributed by atoms with Crippen molar-refractivity contribution in [2.24, 2.45) is 0 Å². The molecule has 0 amide bonds. The zero-order chi connectivity index (χ0) is 12.8. The third-order valence-corrected chi connectivity index (χ3v) is 3.91. The van der Waals surface area contributed by atoms with Crippen LogP contribution in [0.5, 0.6) is 0 Å². The van der Waals surface area contributed by atoms with Crippen molar-refractivity contribution in [3.63, 3.8) is 0 Å².